The molecule has 10 heteroatoms. The number of nitrogens with zero attached hydrogens (tertiary/aromatic N) is 5. The molecule has 4 heterocycles. The summed E-state index contributed by atoms with van der Waals surface area (Å²) in [6.07, 6.45) is 3.44. The van der Waals surface area contributed by atoms with Gasteiger partial charge in [-0.2, -0.15) is 5.10 Å². The van der Waals surface area contributed by atoms with Crippen LogP contribution in [0, 0.1) is 20.8 Å². The van der Waals surface area contributed by atoms with Crippen molar-refractivity contribution in [2.45, 2.75) is 27.3 Å². The third-order valence-corrected chi connectivity index (χ3v) is 6.89. The molecule has 0 spiro atoms. The van der Waals surface area contributed by atoms with E-state index in [2.05, 4.69) is 25.4 Å². The number of hydrogen-bond donors (Lipinski definition) is 1. The molecule has 158 valence electrons. The Morgan fingerprint density at radius 3 is 2.61 bits per heavy atom. The van der Waals surface area contributed by atoms with Gasteiger partial charge in [-0.3, -0.25) is 14.6 Å². The molecule has 4 aromatic rings. The van der Waals surface area contributed by atoms with Crippen LogP contribution in [0.25, 0.3) is 21.8 Å². The normalized spacial score (nSPS) is 11.0. The topological polar surface area (TPSA) is 103 Å². The number of carbonyl (C=O) groups is 1. The lowest BCUT2D eigenvalue weighted by molar-refractivity contribution is 0.0954. The molecule has 0 fully saturated rings. The number of aryl methyl sites for hydroxylation is 3. The highest BCUT2D eigenvalue weighted by Crippen LogP contribution is 2.29. The molecule has 4 aromatic heterocycles. The number of amides is 1. The Morgan fingerprint density at radius 2 is 1.87 bits per heavy atom. The molecule has 0 atom stereocenters. The van der Waals surface area contributed by atoms with E-state index in [4.69, 9.17) is 0 Å². The van der Waals surface area contributed by atoms with Crippen LogP contribution in [0.2, 0.25) is 0 Å². The number of aromatic nitrogens is 5. The minimum atomic E-state index is -0.234. The number of hydrogen-bond acceptors (Lipinski definition) is 8. The molecule has 8 nitrogen and oxygen atoms in total. The first-order chi connectivity index (χ1) is 14.8. The summed E-state index contributed by atoms with van der Waals surface area (Å²) in [5, 5.41) is 10.4. The predicted molar refractivity (Wildman–Crippen MR) is 121 cm³/mol. The lowest BCUT2D eigenvalue weighted by Crippen LogP contribution is -2.23. The van der Waals surface area contributed by atoms with Crippen LogP contribution in [0.15, 0.2) is 34.7 Å². The van der Waals surface area contributed by atoms with Gasteiger partial charge in [0.1, 0.15) is 14.9 Å². The molecule has 0 saturated carbocycles. The zero-order valence-electron chi connectivity index (χ0n) is 17.5. The largest absolute Gasteiger partial charge is 0.345 e. The molecule has 0 aliphatic rings. The van der Waals surface area contributed by atoms with Crippen LogP contribution in [-0.4, -0.2) is 30.6 Å². The second-order valence-corrected chi connectivity index (χ2v) is 8.93. The molecule has 0 bridgehead atoms. The van der Waals surface area contributed by atoms with E-state index < -0.39 is 0 Å². The van der Waals surface area contributed by atoms with E-state index in [0.29, 0.717) is 27.7 Å². The first kappa shape index (κ1) is 21.0. The maximum absolute atomic E-state index is 12.8. The molecule has 0 aliphatic heterocycles. The third kappa shape index (κ3) is 4.17. The Kier molecular flexibility index (Phi) is 5.75. The van der Waals surface area contributed by atoms with Crippen LogP contribution < -0.4 is 10.9 Å². The fraction of sp³-hybridized carbons (Fsp3) is 0.238. The Balaban J connectivity index is 1.53. The van der Waals surface area contributed by atoms with Gasteiger partial charge in [-0.05, 0) is 38.5 Å². The summed E-state index contributed by atoms with van der Waals surface area (Å²) < 4.78 is 1.30. The van der Waals surface area contributed by atoms with Crippen LogP contribution in [0.1, 0.15) is 31.6 Å². The maximum Gasteiger partial charge on any atom is 0.277 e. The molecule has 1 amide bonds. The number of rotatable bonds is 5. The van der Waals surface area contributed by atoms with Crippen LogP contribution in [0.3, 0.4) is 0 Å². The summed E-state index contributed by atoms with van der Waals surface area (Å²) in [5.41, 5.74) is 4.22. The minimum absolute atomic E-state index is 0.227. The Hall–Kier alpha value is -3.24. The number of thiazole rings is 2. The van der Waals surface area contributed by atoms with Gasteiger partial charge < -0.3 is 5.32 Å². The number of carbonyl (C=O) groups excluding carboxylic acids is 1. The average Bonchev–Trinajstić information content (AvgIpc) is 3.38. The van der Waals surface area contributed by atoms with E-state index in [-0.39, 0.29) is 11.5 Å². The molecule has 0 aliphatic carbocycles. The first-order valence-electron chi connectivity index (χ1n) is 9.50. The number of nitrogens with one attached hydrogen (secondary N) is 1. The Bertz CT molecular complexity index is 1320. The molecule has 0 radical (unpaired) electrons. The zero-order chi connectivity index (χ0) is 22.1. The van der Waals surface area contributed by atoms with E-state index in [1.165, 1.54) is 27.4 Å². The van der Waals surface area contributed by atoms with Gasteiger partial charge in [0.25, 0.3) is 11.5 Å². The van der Waals surface area contributed by atoms with Crippen molar-refractivity contribution in [3.8, 4) is 21.8 Å². The van der Waals surface area contributed by atoms with E-state index in [1.54, 1.807) is 26.4 Å². The number of pyridine rings is 1. The SMILES string of the molecule is Cc1nc(-c2c(C)c(C)nn(C)c2=O)sc1C(=O)NCc1nc(-c2ccncc2)cs1. The van der Waals surface area contributed by atoms with Crippen LogP contribution in [0.5, 0.6) is 0 Å². The second kappa shape index (κ2) is 8.48. The van der Waals surface area contributed by atoms with Gasteiger partial charge in [0, 0.05) is 30.4 Å². The third-order valence-electron chi connectivity index (χ3n) is 4.87. The van der Waals surface area contributed by atoms with Gasteiger partial charge in [-0.1, -0.05) is 0 Å². The van der Waals surface area contributed by atoms with Gasteiger partial charge >= 0.3 is 0 Å². The summed E-state index contributed by atoms with van der Waals surface area (Å²) >= 11 is 2.70. The first-order valence-corrected chi connectivity index (χ1v) is 11.2. The van der Waals surface area contributed by atoms with Crippen molar-refractivity contribution in [1.29, 1.82) is 0 Å². The smallest absolute Gasteiger partial charge is 0.277 e. The lowest BCUT2D eigenvalue weighted by atomic mass is 10.1. The van der Waals surface area contributed by atoms with Crippen molar-refractivity contribution in [2.75, 3.05) is 0 Å². The highest BCUT2D eigenvalue weighted by molar-refractivity contribution is 7.17. The molecule has 0 unspecified atom stereocenters. The van der Waals surface area contributed by atoms with E-state index in [1.807, 2.05) is 31.4 Å². The van der Waals surface area contributed by atoms with Crippen molar-refractivity contribution in [3.05, 3.63) is 67.1 Å². The lowest BCUT2D eigenvalue weighted by Gasteiger charge is -2.07. The average molecular weight is 453 g/mol. The molecule has 1 N–H and O–H groups in total. The van der Waals surface area contributed by atoms with Gasteiger partial charge in [0.2, 0.25) is 0 Å². The molecular weight excluding hydrogens is 432 g/mol. The fourth-order valence-corrected chi connectivity index (χ4v) is 4.92. The summed E-state index contributed by atoms with van der Waals surface area (Å²) in [5.74, 6) is -0.234. The molecule has 31 heavy (non-hydrogen) atoms. The van der Waals surface area contributed by atoms with Crippen molar-refractivity contribution in [2.24, 2.45) is 7.05 Å². The van der Waals surface area contributed by atoms with E-state index in [0.717, 1.165) is 27.5 Å². The zero-order valence-corrected chi connectivity index (χ0v) is 19.1. The quantitative estimate of drug-likeness (QED) is 0.499. The van der Waals surface area contributed by atoms with Gasteiger partial charge in [0.05, 0.1) is 29.2 Å². The summed E-state index contributed by atoms with van der Waals surface area (Å²) in [7, 11) is 1.61. The second-order valence-electron chi connectivity index (χ2n) is 6.99. The highest BCUT2D eigenvalue weighted by atomic mass is 32.1. The van der Waals surface area contributed by atoms with E-state index >= 15 is 0 Å². The van der Waals surface area contributed by atoms with Crippen molar-refractivity contribution < 1.29 is 4.79 Å². The monoisotopic (exact) mass is 452 g/mol. The fourth-order valence-electron chi connectivity index (χ4n) is 3.10. The van der Waals surface area contributed by atoms with Crippen molar-refractivity contribution in [3.63, 3.8) is 0 Å². The predicted octanol–water partition coefficient (Wildman–Crippen LogP) is 3.28. The van der Waals surface area contributed by atoms with Crippen LogP contribution >= 0.6 is 22.7 Å². The van der Waals surface area contributed by atoms with Crippen molar-refractivity contribution >= 4 is 28.6 Å². The summed E-state index contributed by atoms with van der Waals surface area (Å²) in [6.45, 7) is 5.78. The van der Waals surface area contributed by atoms with Crippen molar-refractivity contribution in [1.82, 2.24) is 30.0 Å². The Morgan fingerprint density at radius 1 is 1.13 bits per heavy atom. The molecule has 0 saturated heterocycles. The highest BCUT2D eigenvalue weighted by Gasteiger charge is 2.21. The maximum atomic E-state index is 12.8. The summed E-state index contributed by atoms with van der Waals surface area (Å²) in [6, 6.07) is 3.79. The molecular formula is C21H20N6O2S2. The minimum Gasteiger partial charge on any atom is -0.345 e. The van der Waals surface area contributed by atoms with Gasteiger partial charge in [-0.25, -0.2) is 14.6 Å². The van der Waals surface area contributed by atoms with E-state index in [9.17, 15) is 9.59 Å². The standard InChI is InChI=1S/C21H20N6O2S2/c1-11-12(2)26-27(4)21(29)17(11)20-24-13(3)18(31-20)19(28)23-9-16-25-15(10-30-16)14-5-7-22-8-6-14/h5-8,10H,9H2,1-4H3,(H,23,28). The van der Waals surface area contributed by atoms with Gasteiger partial charge in [0.15, 0.2) is 0 Å². The van der Waals surface area contributed by atoms with Crippen LogP contribution in [-0.2, 0) is 13.6 Å². The summed E-state index contributed by atoms with van der Waals surface area (Å²) in [4.78, 5) is 39.0. The van der Waals surface area contributed by atoms with Crippen LogP contribution in [0.4, 0.5) is 0 Å². The molecule has 0 aromatic carbocycles. The van der Waals surface area contributed by atoms with Gasteiger partial charge in [-0.15, -0.1) is 22.7 Å². The Labute approximate surface area is 186 Å². The molecule has 4 rings (SSSR count).